The smallest absolute Gasteiger partial charge is 0.225 e. The number of rotatable bonds is 8. The Morgan fingerprint density at radius 1 is 0.927 bits per heavy atom. The van der Waals surface area contributed by atoms with Crippen LogP contribution < -0.4 is 10.2 Å². The van der Waals surface area contributed by atoms with Crippen molar-refractivity contribution in [3.8, 4) is 22.4 Å². The molecule has 2 aromatic carbocycles. The summed E-state index contributed by atoms with van der Waals surface area (Å²) in [6.45, 7) is 10.6. The van der Waals surface area contributed by atoms with E-state index in [1.54, 1.807) is 6.26 Å². The van der Waals surface area contributed by atoms with E-state index in [-0.39, 0.29) is 12.6 Å². The summed E-state index contributed by atoms with van der Waals surface area (Å²) in [7, 11) is 0. The van der Waals surface area contributed by atoms with Crippen molar-refractivity contribution in [3.63, 3.8) is 0 Å². The number of hydrogen-bond acceptors (Lipinski definition) is 9. The van der Waals surface area contributed by atoms with Gasteiger partial charge < -0.3 is 19.7 Å². The Bertz CT molecular complexity index is 1640. The Balaban J connectivity index is 1.16. The van der Waals surface area contributed by atoms with Crippen molar-refractivity contribution < 1.29 is 9.52 Å². The number of aryl methyl sites for hydroxylation is 2. The molecule has 1 saturated heterocycles. The first-order valence-electron chi connectivity index (χ1n) is 14.1. The number of β-amino-alcohol motifs (C(OH)–C–C–N with tert-alkyl or cyclic N) is 1. The predicted molar refractivity (Wildman–Crippen MR) is 162 cm³/mol. The van der Waals surface area contributed by atoms with Crippen molar-refractivity contribution in [2.75, 3.05) is 49.5 Å². The number of nitrogens with zero attached hydrogens (tertiary/aromatic N) is 6. The lowest BCUT2D eigenvalue weighted by Crippen LogP contribution is -2.47. The molecule has 0 amide bonds. The van der Waals surface area contributed by atoms with Gasteiger partial charge in [0.2, 0.25) is 5.95 Å². The molecule has 1 fully saturated rings. The summed E-state index contributed by atoms with van der Waals surface area (Å²) in [6, 6.07) is 16.6. The second kappa shape index (κ2) is 11.6. The van der Waals surface area contributed by atoms with Crippen LogP contribution in [0.25, 0.3) is 33.4 Å². The molecule has 0 radical (unpaired) electrons. The maximum absolute atomic E-state index is 9.17. The molecule has 41 heavy (non-hydrogen) atoms. The number of anilines is 2. The summed E-state index contributed by atoms with van der Waals surface area (Å²) in [5, 5.41) is 13.8. The monoisotopic (exact) mass is 549 g/mol. The number of furan rings is 1. The number of aromatic nitrogens is 4. The third-order valence-corrected chi connectivity index (χ3v) is 7.69. The number of aliphatic hydroxyl groups excluding tert-OH is 1. The van der Waals surface area contributed by atoms with Gasteiger partial charge in [0.05, 0.1) is 18.6 Å². The molecule has 1 aliphatic rings. The fourth-order valence-corrected chi connectivity index (χ4v) is 5.34. The lowest BCUT2D eigenvalue weighted by Gasteiger charge is -2.34. The van der Waals surface area contributed by atoms with Crippen LogP contribution in [0.15, 0.2) is 71.6 Å². The Kier molecular flexibility index (Phi) is 7.63. The van der Waals surface area contributed by atoms with Crippen LogP contribution in [0.1, 0.15) is 29.9 Å². The molecule has 0 spiro atoms. The van der Waals surface area contributed by atoms with Crippen LogP contribution in [0.5, 0.6) is 0 Å². The molecular formula is C32H35N7O2. The molecule has 1 unspecified atom stereocenters. The minimum Gasteiger partial charge on any atom is -0.464 e. The van der Waals surface area contributed by atoms with Crippen molar-refractivity contribution in [2.24, 2.45) is 0 Å². The number of nitrogens with one attached hydrogen (secondary N) is 1. The van der Waals surface area contributed by atoms with Gasteiger partial charge in [-0.05, 0) is 61.7 Å². The van der Waals surface area contributed by atoms with Crippen LogP contribution in [0.2, 0.25) is 0 Å². The van der Waals surface area contributed by atoms with E-state index in [2.05, 4.69) is 67.3 Å². The largest absolute Gasteiger partial charge is 0.464 e. The second-order valence-corrected chi connectivity index (χ2v) is 10.6. The zero-order valence-electron chi connectivity index (χ0n) is 23.7. The molecule has 3 aromatic heterocycles. The van der Waals surface area contributed by atoms with Crippen molar-refractivity contribution in [1.29, 1.82) is 0 Å². The first-order valence-corrected chi connectivity index (χ1v) is 14.1. The normalized spacial score (nSPS) is 14.9. The zero-order valence-corrected chi connectivity index (χ0v) is 23.7. The van der Waals surface area contributed by atoms with Gasteiger partial charge in [-0.15, -0.1) is 0 Å². The molecule has 9 nitrogen and oxygen atoms in total. The van der Waals surface area contributed by atoms with Gasteiger partial charge in [-0.25, -0.2) is 19.9 Å². The highest BCUT2D eigenvalue weighted by atomic mass is 16.3. The van der Waals surface area contributed by atoms with Crippen LogP contribution >= 0.6 is 0 Å². The van der Waals surface area contributed by atoms with Gasteiger partial charge >= 0.3 is 0 Å². The van der Waals surface area contributed by atoms with Gasteiger partial charge in [-0.2, -0.15) is 0 Å². The maximum atomic E-state index is 9.17. The van der Waals surface area contributed by atoms with Crippen LogP contribution in [0.3, 0.4) is 0 Å². The van der Waals surface area contributed by atoms with Gasteiger partial charge in [-0.1, -0.05) is 18.2 Å². The third kappa shape index (κ3) is 5.91. The van der Waals surface area contributed by atoms with E-state index < -0.39 is 0 Å². The van der Waals surface area contributed by atoms with Crippen molar-refractivity contribution >= 4 is 22.7 Å². The standard InChI is InChI=1S/C32H35N7O2/c1-21-20-41-30-8-7-26(16-28(21)30)29-17-31(37-23(3)36-29)35-22(2)24-5-4-6-25(15-24)27-18-33-32(34-19-27)39-11-9-38(10-12-39)13-14-40/h4-8,15-20,22,40H,9-14H2,1-3H3,(H,35,36,37). The zero-order chi connectivity index (χ0) is 28.3. The molecule has 1 atom stereocenters. The van der Waals surface area contributed by atoms with E-state index in [4.69, 9.17) is 9.40 Å². The van der Waals surface area contributed by atoms with Crippen LogP contribution in [-0.2, 0) is 0 Å². The molecule has 9 heteroatoms. The molecule has 0 bridgehead atoms. The van der Waals surface area contributed by atoms with E-state index in [9.17, 15) is 5.11 Å². The highest BCUT2D eigenvalue weighted by molar-refractivity contribution is 5.85. The topological polar surface area (TPSA) is 103 Å². The summed E-state index contributed by atoms with van der Waals surface area (Å²) >= 11 is 0. The van der Waals surface area contributed by atoms with E-state index in [1.807, 2.05) is 44.4 Å². The summed E-state index contributed by atoms with van der Waals surface area (Å²) in [5.41, 5.74) is 7.07. The average Bonchev–Trinajstić information content (AvgIpc) is 3.37. The van der Waals surface area contributed by atoms with Gasteiger partial charge in [0, 0.05) is 73.7 Å². The van der Waals surface area contributed by atoms with Crippen molar-refractivity contribution in [1.82, 2.24) is 24.8 Å². The van der Waals surface area contributed by atoms with E-state index >= 15 is 0 Å². The van der Waals surface area contributed by atoms with E-state index in [0.29, 0.717) is 5.82 Å². The van der Waals surface area contributed by atoms with Crippen molar-refractivity contribution in [3.05, 3.63) is 84.1 Å². The number of fused-ring (bicyclic) bond motifs is 1. The molecule has 2 N–H and O–H groups in total. The summed E-state index contributed by atoms with van der Waals surface area (Å²) in [6.07, 6.45) is 5.59. The number of aliphatic hydroxyl groups is 1. The highest BCUT2D eigenvalue weighted by Gasteiger charge is 2.19. The summed E-state index contributed by atoms with van der Waals surface area (Å²) in [4.78, 5) is 23.2. The molecule has 4 heterocycles. The van der Waals surface area contributed by atoms with Crippen LogP contribution in [0.4, 0.5) is 11.8 Å². The third-order valence-electron chi connectivity index (χ3n) is 7.69. The molecule has 0 saturated carbocycles. The lowest BCUT2D eigenvalue weighted by molar-refractivity contribution is 0.188. The van der Waals surface area contributed by atoms with Crippen LogP contribution in [0, 0.1) is 13.8 Å². The van der Waals surface area contributed by atoms with Crippen molar-refractivity contribution in [2.45, 2.75) is 26.8 Å². The lowest BCUT2D eigenvalue weighted by atomic mass is 10.0. The highest BCUT2D eigenvalue weighted by Crippen LogP contribution is 2.29. The minimum absolute atomic E-state index is 0.0195. The Morgan fingerprint density at radius 3 is 2.51 bits per heavy atom. The van der Waals surface area contributed by atoms with E-state index in [1.165, 1.54) is 0 Å². The predicted octanol–water partition coefficient (Wildman–Crippen LogP) is 5.25. The summed E-state index contributed by atoms with van der Waals surface area (Å²) in [5.74, 6) is 2.24. The fraction of sp³-hybridized carbons (Fsp3) is 0.312. The van der Waals surface area contributed by atoms with E-state index in [0.717, 1.165) is 89.0 Å². The van der Waals surface area contributed by atoms with Crippen LogP contribution in [-0.4, -0.2) is 69.3 Å². The second-order valence-electron chi connectivity index (χ2n) is 10.6. The molecule has 0 aliphatic carbocycles. The van der Waals surface area contributed by atoms with Gasteiger partial charge in [-0.3, -0.25) is 4.90 Å². The van der Waals surface area contributed by atoms with Gasteiger partial charge in [0.15, 0.2) is 0 Å². The SMILES string of the molecule is Cc1nc(NC(C)c2cccc(-c3cnc(N4CCN(CCO)CC4)nc3)c2)cc(-c2ccc3occ(C)c3c2)n1. The first kappa shape index (κ1) is 26.9. The molecule has 1 aliphatic heterocycles. The quantitative estimate of drug-likeness (QED) is 0.269. The first-order chi connectivity index (χ1) is 20.0. The number of hydrogen-bond donors (Lipinski definition) is 2. The van der Waals surface area contributed by atoms with Gasteiger partial charge in [0.1, 0.15) is 17.2 Å². The number of benzene rings is 2. The molecule has 210 valence electrons. The Morgan fingerprint density at radius 2 is 1.73 bits per heavy atom. The molecule has 5 aromatic rings. The Labute approximate surface area is 239 Å². The number of piperazine rings is 1. The molecule has 6 rings (SSSR count). The average molecular weight is 550 g/mol. The van der Waals surface area contributed by atoms with Gasteiger partial charge in [0.25, 0.3) is 0 Å². The maximum Gasteiger partial charge on any atom is 0.225 e. The minimum atomic E-state index is 0.0195. The summed E-state index contributed by atoms with van der Waals surface area (Å²) < 4.78 is 5.61. The fourth-order valence-electron chi connectivity index (χ4n) is 5.34. The molecular weight excluding hydrogens is 514 g/mol. The Hall–Kier alpha value is -4.34.